The average molecular weight is 465 g/mol. The van der Waals surface area contributed by atoms with Gasteiger partial charge in [-0.3, -0.25) is 0 Å². The van der Waals surface area contributed by atoms with Crippen molar-refractivity contribution in [1.82, 2.24) is 9.97 Å². The molecule has 0 amide bonds. The lowest BCUT2D eigenvalue weighted by molar-refractivity contribution is 0.226. The van der Waals surface area contributed by atoms with E-state index in [1.165, 1.54) is 30.6 Å². The number of nitrogens with zero attached hydrogens (tertiary/aromatic N) is 2. The Morgan fingerprint density at radius 1 is 1.00 bits per heavy atom. The van der Waals surface area contributed by atoms with Gasteiger partial charge in [0.1, 0.15) is 5.76 Å². The van der Waals surface area contributed by atoms with Crippen molar-refractivity contribution in [3.8, 4) is 11.4 Å². The molecule has 1 heterocycles. The van der Waals surface area contributed by atoms with Crippen LogP contribution < -0.4 is 0 Å². The number of benzene rings is 1. The first-order chi connectivity index (χ1) is 16.2. The van der Waals surface area contributed by atoms with E-state index in [1.807, 2.05) is 0 Å². The largest absolute Gasteiger partial charge is 0.491 e. The van der Waals surface area contributed by atoms with Gasteiger partial charge < -0.3 is 4.74 Å². The van der Waals surface area contributed by atoms with Gasteiger partial charge in [0.25, 0.3) is 0 Å². The number of hydrogen-bond donors (Lipinski definition) is 0. The van der Waals surface area contributed by atoms with E-state index in [4.69, 9.17) is 4.74 Å². The van der Waals surface area contributed by atoms with E-state index in [9.17, 15) is 13.2 Å². The van der Waals surface area contributed by atoms with Crippen molar-refractivity contribution in [1.29, 1.82) is 0 Å². The topological polar surface area (TPSA) is 35.0 Å². The second kappa shape index (κ2) is 12.3. The monoisotopic (exact) mass is 464 g/mol. The van der Waals surface area contributed by atoms with Gasteiger partial charge in [0, 0.05) is 18.0 Å². The maximum Gasteiger partial charge on any atom is 0.170 e. The van der Waals surface area contributed by atoms with E-state index >= 15 is 0 Å². The van der Waals surface area contributed by atoms with Crippen LogP contribution in [0.5, 0.6) is 0 Å². The summed E-state index contributed by atoms with van der Waals surface area (Å²) in [7, 11) is 0. The first-order valence-electron chi connectivity index (χ1n) is 10.5. The molecule has 0 aliphatic rings. The lowest BCUT2D eigenvalue weighted by atomic mass is 10.0. The molecule has 1 aromatic carbocycles. The molecule has 2 rings (SSSR count). The van der Waals surface area contributed by atoms with Gasteiger partial charge in [0.05, 0.1) is 12.2 Å². The smallest absolute Gasteiger partial charge is 0.170 e. The Kier molecular flexibility index (Phi) is 9.56. The summed E-state index contributed by atoms with van der Waals surface area (Å²) in [6.45, 7) is 20.7. The van der Waals surface area contributed by atoms with E-state index in [-0.39, 0.29) is 29.1 Å². The highest BCUT2D eigenvalue weighted by Crippen LogP contribution is 2.25. The first kappa shape index (κ1) is 26.3. The number of halogens is 3. The molecule has 1 aromatic heterocycles. The Morgan fingerprint density at radius 2 is 1.68 bits per heavy atom. The molecule has 0 saturated carbocycles. The Bertz CT molecular complexity index is 1170. The number of aromatic nitrogens is 2. The number of allylic oxidation sites excluding steroid dienone is 7. The third-order valence-corrected chi connectivity index (χ3v) is 4.84. The number of aryl methyl sites for hydroxylation is 1. The fourth-order valence-electron chi connectivity index (χ4n) is 2.81. The zero-order valence-corrected chi connectivity index (χ0v) is 19.2. The predicted molar refractivity (Wildman–Crippen MR) is 132 cm³/mol. The van der Waals surface area contributed by atoms with Crippen LogP contribution in [0.1, 0.15) is 24.5 Å². The molecule has 0 saturated heterocycles. The van der Waals surface area contributed by atoms with Crippen LogP contribution in [-0.4, -0.2) is 16.6 Å². The molecule has 0 fully saturated rings. The van der Waals surface area contributed by atoms with Gasteiger partial charge in [-0.1, -0.05) is 62.8 Å². The lowest BCUT2D eigenvalue weighted by Crippen LogP contribution is -2.00. The van der Waals surface area contributed by atoms with E-state index in [2.05, 4.69) is 42.9 Å². The van der Waals surface area contributed by atoms with Crippen LogP contribution in [0.4, 0.5) is 13.2 Å². The van der Waals surface area contributed by atoms with Crippen molar-refractivity contribution in [2.75, 3.05) is 6.61 Å². The lowest BCUT2D eigenvalue weighted by Gasteiger charge is -2.08. The molecule has 176 valence electrons. The van der Waals surface area contributed by atoms with Crippen molar-refractivity contribution < 1.29 is 17.9 Å². The molecular formula is C28H27F3N2O. The van der Waals surface area contributed by atoms with Crippen LogP contribution in [-0.2, 0) is 11.2 Å². The molecule has 0 spiro atoms. The fourth-order valence-corrected chi connectivity index (χ4v) is 2.81. The fraction of sp³-hybridized carbons (Fsp3) is 0.143. The highest BCUT2D eigenvalue weighted by atomic mass is 19.2. The predicted octanol–water partition coefficient (Wildman–Crippen LogP) is 7.63. The highest BCUT2D eigenvalue weighted by Gasteiger charge is 2.16. The summed E-state index contributed by atoms with van der Waals surface area (Å²) in [6.07, 6.45) is 9.63. The van der Waals surface area contributed by atoms with Crippen LogP contribution in [0.2, 0.25) is 0 Å². The summed E-state index contributed by atoms with van der Waals surface area (Å²) >= 11 is 0. The molecule has 0 radical (unpaired) electrons. The van der Waals surface area contributed by atoms with Crippen molar-refractivity contribution >= 4 is 6.08 Å². The van der Waals surface area contributed by atoms with Gasteiger partial charge in [0.2, 0.25) is 0 Å². The van der Waals surface area contributed by atoms with Gasteiger partial charge >= 0.3 is 0 Å². The SMILES string of the molecule is C=Cc1cnc(-c2ccc(CCC(=C)/C=C\C(=C)C(=C)/C=C(/F)C(=C)OCC)c(F)c2F)nc1. The standard InChI is InChI=1S/C28H27F3N2O/c1-7-22-16-32-28(33-17-22)24-14-13-23(26(30)27(24)31)12-10-18(3)9-11-19(4)20(5)15-25(29)21(6)34-8-2/h7,9,11,13-17H,1,3-6,8,10,12H2,2H3/b11-9-,25-15+. The van der Waals surface area contributed by atoms with Gasteiger partial charge in [-0.15, -0.1) is 0 Å². The number of ether oxygens (including phenoxy) is 1. The molecule has 0 aliphatic heterocycles. The van der Waals surface area contributed by atoms with Gasteiger partial charge in [-0.2, -0.15) is 0 Å². The second-order valence-electron chi connectivity index (χ2n) is 7.33. The van der Waals surface area contributed by atoms with Crippen LogP contribution in [0, 0.1) is 11.6 Å². The highest BCUT2D eigenvalue weighted by molar-refractivity contribution is 5.58. The van der Waals surface area contributed by atoms with Gasteiger partial charge in [0.15, 0.2) is 23.3 Å². The second-order valence-corrected chi connectivity index (χ2v) is 7.33. The molecule has 0 aliphatic carbocycles. The molecule has 34 heavy (non-hydrogen) atoms. The van der Waals surface area contributed by atoms with E-state index < -0.39 is 17.5 Å². The maximum absolute atomic E-state index is 14.6. The molecule has 3 nitrogen and oxygen atoms in total. The molecule has 0 bridgehead atoms. The minimum absolute atomic E-state index is 0.0160. The molecule has 0 unspecified atom stereocenters. The van der Waals surface area contributed by atoms with Crippen molar-refractivity contribution in [2.24, 2.45) is 0 Å². The Balaban J connectivity index is 2.00. The average Bonchev–Trinajstić information content (AvgIpc) is 2.83. The summed E-state index contributed by atoms with van der Waals surface area (Å²) in [5.41, 5.74) is 2.33. The number of rotatable bonds is 12. The summed E-state index contributed by atoms with van der Waals surface area (Å²) in [5.74, 6) is -2.57. The van der Waals surface area contributed by atoms with Gasteiger partial charge in [-0.05, 0) is 48.6 Å². The summed E-state index contributed by atoms with van der Waals surface area (Å²) in [4.78, 5) is 8.10. The summed E-state index contributed by atoms with van der Waals surface area (Å²) in [6, 6.07) is 2.97. The quantitative estimate of drug-likeness (QED) is 0.239. The maximum atomic E-state index is 14.6. The molecule has 6 heteroatoms. The first-order valence-corrected chi connectivity index (χ1v) is 10.5. The van der Waals surface area contributed by atoms with Crippen LogP contribution >= 0.6 is 0 Å². The van der Waals surface area contributed by atoms with Gasteiger partial charge in [-0.25, -0.2) is 23.1 Å². The Hall–Kier alpha value is -3.93. The third-order valence-electron chi connectivity index (χ3n) is 4.84. The number of hydrogen-bond acceptors (Lipinski definition) is 3. The van der Waals surface area contributed by atoms with E-state index in [0.29, 0.717) is 35.3 Å². The van der Waals surface area contributed by atoms with Crippen molar-refractivity contribution in [2.45, 2.75) is 19.8 Å². The Labute approximate surface area is 198 Å². The van der Waals surface area contributed by atoms with E-state index in [1.54, 1.807) is 25.2 Å². The van der Waals surface area contributed by atoms with E-state index in [0.717, 1.165) is 0 Å². The molecular weight excluding hydrogens is 437 g/mol. The van der Waals surface area contributed by atoms with Crippen LogP contribution in [0.3, 0.4) is 0 Å². The zero-order valence-electron chi connectivity index (χ0n) is 19.2. The normalized spacial score (nSPS) is 11.4. The minimum Gasteiger partial charge on any atom is -0.491 e. The molecule has 2 aromatic rings. The molecule has 0 N–H and O–H groups in total. The van der Waals surface area contributed by atoms with Crippen molar-refractivity contribution in [3.63, 3.8) is 0 Å². The van der Waals surface area contributed by atoms with Crippen molar-refractivity contribution in [3.05, 3.63) is 127 Å². The Morgan fingerprint density at radius 3 is 2.29 bits per heavy atom. The summed E-state index contributed by atoms with van der Waals surface area (Å²) < 4.78 is 48.2. The zero-order chi connectivity index (χ0) is 25.3. The summed E-state index contributed by atoms with van der Waals surface area (Å²) in [5, 5.41) is 0. The molecule has 0 atom stereocenters. The third kappa shape index (κ3) is 7.04. The van der Waals surface area contributed by atoms with Crippen LogP contribution in [0.15, 0.2) is 104 Å². The van der Waals surface area contributed by atoms with Crippen LogP contribution in [0.25, 0.3) is 17.5 Å². The minimum atomic E-state index is -1.00.